The maximum Gasteiger partial charge on any atom is -0.00143 e. The predicted molar refractivity (Wildman–Crippen MR) is 108 cm³/mol. The summed E-state index contributed by atoms with van der Waals surface area (Å²) >= 11 is 0. The van der Waals surface area contributed by atoms with E-state index < -0.39 is 0 Å². The molecule has 0 bridgehead atoms. The van der Waals surface area contributed by atoms with Gasteiger partial charge in [-0.15, -0.1) is 0 Å². The summed E-state index contributed by atoms with van der Waals surface area (Å²) < 4.78 is 0. The summed E-state index contributed by atoms with van der Waals surface area (Å²) in [6.45, 7) is 15.5. The van der Waals surface area contributed by atoms with Crippen molar-refractivity contribution in [2.75, 3.05) is 39.3 Å². The molecule has 0 amide bonds. The second-order valence-corrected chi connectivity index (χ2v) is 11.0. The van der Waals surface area contributed by atoms with Crippen molar-refractivity contribution in [2.24, 2.45) is 65.1 Å². The first-order chi connectivity index (χ1) is 12.6. The van der Waals surface area contributed by atoms with Crippen molar-refractivity contribution < 1.29 is 0 Å². The molecule has 148 valence electrons. The molecule has 3 saturated heterocycles. The average Bonchev–Trinajstić information content (AvgIpc) is 3.31. The van der Waals surface area contributed by atoms with Gasteiger partial charge < -0.3 is 16.0 Å². The van der Waals surface area contributed by atoms with E-state index >= 15 is 0 Å². The third kappa shape index (κ3) is 2.79. The fourth-order valence-corrected chi connectivity index (χ4v) is 8.75. The van der Waals surface area contributed by atoms with Crippen LogP contribution in [0.15, 0.2) is 0 Å². The van der Waals surface area contributed by atoms with Crippen LogP contribution in [0.25, 0.3) is 0 Å². The molecular weight excluding hydrogens is 318 g/mol. The lowest BCUT2D eigenvalue weighted by molar-refractivity contribution is 0.0513. The predicted octanol–water partition coefficient (Wildman–Crippen LogP) is 2.83. The number of fused-ring (bicyclic) bond motifs is 2. The second kappa shape index (κ2) is 7.04. The van der Waals surface area contributed by atoms with E-state index in [9.17, 15) is 0 Å². The van der Waals surface area contributed by atoms with Gasteiger partial charge in [-0.25, -0.2) is 0 Å². The second-order valence-electron chi connectivity index (χ2n) is 11.0. The first kappa shape index (κ1) is 17.9. The first-order valence-corrected chi connectivity index (χ1v) is 11.8. The van der Waals surface area contributed by atoms with Crippen LogP contribution in [-0.2, 0) is 0 Å². The molecule has 2 saturated carbocycles. The average molecular weight is 360 g/mol. The van der Waals surface area contributed by atoms with Gasteiger partial charge >= 0.3 is 0 Å². The lowest BCUT2D eigenvalue weighted by atomic mass is 9.61. The van der Waals surface area contributed by atoms with Crippen molar-refractivity contribution in [3.63, 3.8) is 0 Å². The Hall–Kier alpha value is -0.120. The molecule has 2 aliphatic carbocycles. The molecule has 3 aliphatic heterocycles. The van der Waals surface area contributed by atoms with Gasteiger partial charge in [-0.3, -0.25) is 0 Å². The van der Waals surface area contributed by atoms with E-state index in [2.05, 4.69) is 36.7 Å². The van der Waals surface area contributed by atoms with Gasteiger partial charge in [0.1, 0.15) is 0 Å². The smallest absolute Gasteiger partial charge is 0.00143 e. The van der Waals surface area contributed by atoms with Crippen LogP contribution in [0, 0.1) is 65.1 Å². The molecule has 5 aliphatic rings. The normalized spacial score (nSPS) is 57.1. The Kier molecular flexibility index (Phi) is 4.86. The van der Waals surface area contributed by atoms with Gasteiger partial charge in [0.05, 0.1) is 0 Å². The largest absolute Gasteiger partial charge is 0.316 e. The summed E-state index contributed by atoms with van der Waals surface area (Å²) in [5, 5.41) is 11.4. The van der Waals surface area contributed by atoms with Crippen LogP contribution in [0.2, 0.25) is 0 Å². The molecule has 5 fully saturated rings. The summed E-state index contributed by atoms with van der Waals surface area (Å²) in [7, 11) is 0. The first-order valence-electron chi connectivity index (χ1n) is 11.8. The summed E-state index contributed by atoms with van der Waals surface area (Å²) in [5.41, 5.74) is 0. The Morgan fingerprint density at radius 2 is 1.27 bits per heavy atom. The fourth-order valence-electron chi connectivity index (χ4n) is 8.75. The zero-order chi connectivity index (χ0) is 17.8. The van der Waals surface area contributed by atoms with Crippen LogP contribution in [-0.4, -0.2) is 39.3 Å². The lowest BCUT2D eigenvalue weighted by Gasteiger charge is -2.44. The molecule has 0 aromatic heterocycles. The Morgan fingerprint density at radius 3 is 2.04 bits per heavy atom. The lowest BCUT2D eigenvalue weighted by Crippen LogP contribution is -2.44. The van der Waals surface area contributed by atoms with E-state index in [-0.39, 0.29) is 0 Å². The van der Waals surface area contributed by atoms with Crippen LogP contribution < -0.4 is 16.0 Å². The number of piperidine rings is 1. The van der Waals surface area contributed by atoms with Gasteiger partial charge in [0.2, 0.25) is 0 Å². The molecule has 3 heteroatoms. The van der Waals surface area contributed by atoms with Crippen molar-refractivity contribution in [2.45, 2.75) is 40.0 Å². The Labute approximate surface area is 160 Å². The highest BCUT2D eigenvalue weighted by molar-refractivity contribution is 5.08. The molecule has 0 spiro atoms. The monoisotopic (exact) mass is 359 g/mol. The topological polar surface area (TPSA) is 36.1 Å². The number of rotatable bonds is 2. The van der Waals surface area contributed by atoms with Crippen molar-refractivity contribution >= 4 is 0 Å². The van der Waals surface area contributed by atoms with Crippen LogP contribution >= 0.6 is 0 Å². The van der Waals surface area contributed by atoms with Crippen molar-refractivity contribution in [3.8, 4) is 0 Å². The molecule has 3 heterocycles. The van der Waals surface area contributed by atoms with Gasteiger partial charge in [-0.05, 0) is 124 Å². The molecule has 0 radical (unpaired) electrons. The van der Waals surface area contributed by atoms with Crippen LogP contribution in [0.1, 0.15) is 40.0 Å². The zero-order valence-corrected chi connectivity index (χ0v) is 17.2. The van der Waals surface area contributed by atoms with Gasteiger partial charge in [0.15, 0.2) is 0 Å². The highest BCUT2D eigenvalue weighted by atomic mass is 15.0. The minimum absolute atomic E-state index is 0.912. The minimum atomic E-state index is 0.912. The van der Waals surface area contributed by atoms with Crippen LogP contribution in [0.3, 0.4) is 0 Å². The van der Waals surface area contributed by atoms with E-state index in [0.29, 0.717) is 0 Å². The van der Waals surface area contributed by atoms with Crippen LogP contribution in [0.4, 0.5) is 0 Å². The number of nitrogens with one attached hydrogen (secondary N) is 3. The van der Waals surface area contributed by atoms with Crippen LogP contribution in [0.5, 0.6) is 0 Å². The molecule has 3 nitrogen and oxygen atoms in total. The van der Waals surface area contributed by atoms with Gasteiger partial charge in [-0.1, -0.05) is 20.8 Å². The molecule has 8 unspecified atom stereocenters. The highest BCUT2D eigenvalue weighted by Crippen LogP contribution is 2.59. The maximum absolute atomic E-state index is 3.83. The Balaban J connectivity index is 1.43. The molecule has 0 aromatic rings. The van der Waals surface area contributed by atoms with E-state index in [0.717, 1.165) is 65.1 Å². The Morgan fingerprint density at radius 1 is 0.615 bits per heavy atom. The van der Waals surface area contributed by atoms with E-state index in [1.54, 1.807) is 0 Å². The number of hydrogen-bond acceptors (Lipinski definition) is 3. The van der Waals surface area contributed by atoms with Gasteiger partial charge in [-0.2, -0.15) is 0 Å². The number of hydrogen-bond donors (Lipinski definition) is 3. The van der Waals surface area contributed by atoms with E-state index in [1.165, 1.54) is 58.5 Å². The Bertz CT molecular complexity index is 508. The van der Waals surface area contributed by atoms with Crippen molar-refractivity contribution in [1.82, 2.24) is 16.0 Å². The molecule has 0 aromatic carbocycles. The third-order valence-corrected chi connectivity index (χ3v) is 9.71. The van der Waals surface area contributed by atoms with Crippen molar-refractivity contribution in [3.05, 3.63) is 0 Å². The highest BCUT2D eigenvalue weighted by Gasteiger charge is 2.57. The summed E-state index contributed by atoms with van der Waals surface area (Å²) in [6, 6.07) is 0. The summed E-state index contributed by atoms with van der Waals surface area (Å²) in [6.07, 6.45) is 4.37. The quantitative estimate of drug-likeness (QED) is 0.709. The third-order valence-electron chi connectivity index (χ3n) is 9.71. The van der Waals surface area contributed by atoms with Gasteiger partial charge in [0, 0.05) is 0 Å². The summed E-state index contributed by atoms with van der Waals surface area (Å²) in [4.78, 5) is 0. The SMILES string of the molecule is C[C@@H]1CC2CNCC2C(C2C3CNCC3C(C3CNCC[C@@H]3C)[C@@H]2C)C1. The van der Waals surface area contributed by atoms with E-state index in [4.69, 9.17) is 0 Å². The maximum atomic E-state index is 3.83. The fraction of sp³-hybridized carbons (Fsp3) is 1.00. The summed E-state index contributed by atoms with van der Waals surface area (Å²) in [5.74, 6) is 10.5. The van der Waals surface area contributed by atoms with Crippen molar-refractivity contribution in [1.29, 1.82) is 0 Å². The standard InChI is InChI=1S/C23H41N3/c1-13-6-16-8-25-10-19(16)17(7-13)22-15(3)23(21-12-26-11-20(21)22)18-9-24-5-4-14(18)2/h13-26H,4-12H2,1-3H3/t13-,14+,15-,16?,17?,18?,19?,20?,21?,22?,23?/m1/s1. The molecule has 3 N–H and O–H groups in total. The zero-order valence-electron chi connectivity index (χ0n) is 17.2. The molecule has 5 rings (SSSR count). The van der Waals surface area contributed by atoms with E-state index in [1.807, 2.05) is 0 Å². The molecule has 26 heavy (non-hydrogen) atoms. The molecular formula is C23H41N3. The van der Waals surface area contributed by atoms with Gasteiger partial charge in [0.25, 0.3) is 0 Å². The minimum Gasteiger partial charge on any atom is -0.316 e. The molecule has 11 atom stereocenters.